The van der Waals surface area contributed by atoms with Gasteiger partial charge in [-0.05, 0) is 48.0 Å². The molecule has 0 spiro atoms. The van der Waals surface area contributed by atoms with Gasteiger partial charge < -0.3 is 25.4 Å². The van der Waals surface area contributed by atoms with Crippen LogP contribution in [-0.2, 0) is 4.43 Å². The van der Waals surface area contributed by atoms with E-state index in [4.69, 9.17) is 4.74 Å². The molecule has 1 aliphatic heterocycles. The fourth-order valence-electron chi connectivity index (χ4n) is 4.32. The van der Waals surface area contributed by atoms with E-state index in [0.29, 0.717) is 39.3 Å². The van der Waals surface area contributed by atoms with Gasteiger partial charge in [-0.2, -0.15) is 0 Å². The average molecular weight is 593 g/mol. The van der Waals surface area contributed by atoms with Gasteiger partial charge in [-0.3, -0.25) is 4.79 Å². The zero-order valence-corrected chi connectivity index (χ0v) is 20.9. The van der Waals surface area contributed by atoms with Gasteiger partial charge in [-0.15, -0.1) is 0 Å². The predicted octanol–water partition coefficient (Wildman–Crippen LogP) is 5.85. The highest BCUT2D eigenvalue weighted by atomic mass is 127. The molecule has 5 rings (SSSR count). The number of aliphatic hydroxyl groups excluding tert-OH is 1. The summed E-state index contributed by atoms with van der Waals surface area (Å²) in [6.07, 6.45) is 3.94. The van der Waals surface area contributed by atoms with Gasteiger partial charge in [0.1, 0.15) is 23.4 Å². The average Bonchev–Trinajstić information content (AvgIpc) is 2.87. The Bertz CT molecular complexity index is 1490. The number of nitrogens with one attached hydrogen (secondary N) is 1. The van der Waals surface area contributed by atoms with E-state index in [1.165, 1.54) is 30.4 Å². The van der Waals surface area contributed by atoms with Crippen LogP contribution in [-0.4, -0.2) is 33.3 Å². The zero-order valence-electron chi connectivity index (χ0n) is 18.7. The number of aromatic hydroxyl groups is 1. The van der Waals surface area contributed by atoms with E-state index >= 15 is 0 Å². The van der Waals surface area contributed by atoms with Crippen LogP contribution in [0.15, 0.2) is 90.2 Å². The Morgan fingerprint density at radius 1 is 1.00 bits per heavy atom. The topological polar surface area (TPSA) is 116 Å². The molecule has 0 saturated heterocycles. The quantitative estimate of drug-likeness (QED) is 0.218. The van der Waals surface area contributed by atoms with Crippen LogP contribution < -0.4 is 10.1 Å². The molecule has 0 fully saturated rings. The van der Waals surface area contributed by atoms with Crippen LogP contribution in [0.25, 0.3) is 5.57 Å². The molecule has 1 amide bonds. The molecule has 2 aliphatic rings. The number of aromatic carboxylic acids is 1. The van der Waals surface area contributed by atoms with Crippen LogP contribution in [0, 0.1) is 0 Å². The van der Waals surface area contributed by atoms with Crippen molar-refractivity contribution in [3.8, 4) is 11.5 Å². The third-order valence-electron chi connectivity index (χ3n) is 6.00. The summed E-state index contributed by atoms with van der Waals surface area (Å²) in [4.78, 5) is 25.5. The number of phenols is 1. The number of allylic oxidation sites excluding steroid dienone is 1. The van der Waals surface area contributed by atoms with Crippen LogP contribution in [0.3, 0.4) is 0 Å². The van der Waals surface area contributed by atoms with Crippen molar-refractivity contribution in [3.05, 3.63) is 118 Å². The molecule has 180 valence electrons. The van der Waals surface area contributed by atoms with Crippen LogP contribution in [0.1, 0.15) is 37.4 Å². The van der Waals surface area contributed by atoms with Gasteiger partial charge in [-0.25, -0.2) is 4.79 Å². The number of alkyl halides is 1. The van der Waals surface area contributed by atoms with E-state index in [1.807, 2.05) is 12.1 Å². The molecule has 0 saturated carbocycles. The summed E-state index contributed by atoms with van der Waals surface area (Å²) in [5, 5.41) is 33.1. The van der Waals surface area contributed by atoms with Crippen LogP contribution in [0.5, 0.6) is 11.5 Å². The number of hydrogen-bond acceptors (Lipinski definition) is 5. The SMILES string of the molecule is O=C(Nc1cccc(C(=O)O)c1C1=C2C=CC(O)=CC2Oc2cc(O)ccc21)c1ccc(CI)cc1. The first kappa shape index (κ1) is 23.7. The summed E-state index contributed by atoms with van der Waals surface area (Å²) < 4.78 is 6.83. The smallest absolute Gasteiger partial charge is 0.336 e. The monoisotopic (exact) mass is 593 g/mol. The second-order valence-electron chi connectivity index (χ2n) is 8.29. The number of carboxylic acid groups (broad SMARTS) is 1. The Kier molecular flexibility index (Phi) is 6.27. The lowest BCUT2D eigenvalue weighted by atomic mass is 9.83. The molecule has 36 heavy (non-hydrogen) atoms. The Labute approximate surface area is 220 Å². The highest BCUT2D eigenvalue weighted by molar-refractivity contribution is 14.1. The number of ether oxygens (including phenoxy) is 1. The number of carbonyl (C=O) groups is 2. The van der Waals surface area contributed by atoms with Crippen molar-refractivity contribution in [1.82, 2.24) is 0 Å². The maximum Gasteiger partial charge on any atom is 0.336 e. The second-order valence-corrected chi connectivity index (χ2v) is 9.05. The minimum absolute atomic E-state index is 0.00157. The highest BCUT2D eigenvalue weighted by Gasteiger charge is 2.33. The number of phenolic OH excluding ortho intramolecular Hbond substituents is 1. The molecule has 3 aromatic carbocycles. The molecule has 7 nitrogen and oxygen atoms in total. The summed E-state index contributed by atoms with van der Waals surface area (Å²) in [7, 11) is 0. The molecule has 3 aromatic rings. The molecule has 0 bridgehead atoms. The zero-order chi connectivity index (χ0) is 25.4. The lowest BCUT2D eigenvalue weighted by Crippen LogP contribution is -2.25. The molecule has 1 heterocycles. The van der Waals surface area contributed by atoms with Crippen LogP contribution in [0.4, 0.5) is 5.69 Å². The normalized spacial score (nSPS) is 15.9. The number of carboxylic acids is 1. The van der Waals surface area contributed by atoms with E-state index in [1.54, 1.807) is 36.4 Å². The summed E-state index contributed by atoms with van der Waals surface area (Å²) in [6, 6.07) is 16.5. The standard InChI is InChI=1S/C28H20INO6/c29-14-15-4-6-16(7-5-15)27(33)30-22-3-1-2-21(28(34)35)26(22)25-19-10-8-17(31)12-23(19)36-24-13-18(32)9-11-20(24)25/h1-13,23,31-32H,14H2,(H,30,33)(H,34,35). The molecule has 0 aromatic heterocycles. The second kappa shape index (κ2) is 9.54. The number of rotatable bonds is 5. The van der Waals surface area contributed by atoms with E-state index in [-0.39, 0.29) is 23.0 Å². The highest BCUT2D eigenvalue weighted by Crippen LogP contribution is 2.46. The summed E-state index contributed by atoms with van der Waals surface area (Å²) >= 11 is 2.25. The maximum absolute atomic E-state index is 13.2. The molecule has 1 unspecified atom stereocenters. The molecular weight excluding hydrogens is 573 g/mol. The van der Waals surface area contributed by atoms with Crippen molar-refractivity contribution in [1.29, 1.82) is 0 Å². The largest absolute Gasteiger partial charge is 0.508 e. The lowest BCUT2D eigenvalue weighted by Gasteiger charge is -2.31. The first-order chi connectivity index (χ1) is 17.4. The molecule has 4 N–H and O–H groups in total. The van der Waals surface area contributed by atoms with Crippen molar-refractivity contribution in [3.63, 3.8) is 0 Å². The summed E-state index contributed by atoms with van der Waals surface area (Å²) in [6.45, 7) is 0. The Morgan fingerprint density at radius 3 is 2.50 bits per heavy atom. The van der Waals surface area contributed by atoms with Crippen molar-refractivity contribution < 1.29 is 29.6 Å². The summed E-state index contributed by atoms with van der Waals surface area (Å²) in [5.74, 6) is -1.24. The maximum atomic E-state index is 13.2. The van der Waals surface area contributed by atoms with Crippen molar-refractivity contribution in [2.45, 2.75) is 10.5 Å². The summed E-state index contributed by atoms with van der Waals surface area (Å²) in [5.41, 5.74) is 3.81. The van der Waals surface area contributed by atoms with Gasteiger partial charge >= 0.3 is 5.97 Å². The van der Waals surface area contributed by atoms with E-state index < -0.39 is 12.1 Å². The number of benzene rings is 3. The minimum atomic E-state index is -1.16. The fourth-order valence-corrected chi connectivity index (χ4v) is 4.83. The van der Waals surface area contributed by atoms with Crippen LogP contribution in [0.2, 0.25) is 0 Å². The van der Waals surface area contributed by atoms with Gasteiger partial charge in [-0.1, -0.05) is 46.9 Å². The molecule has 8 heteroatoms. The first-order valence-electron chi connectivity index (χ1n) is 11.0. The fraction of sp³-hybridized carbons (Fsp3) is 0.0714. The number of halogens is 1. The van der Waals surface area contributed by atoms with E-state index in [9.17, 15) is 24.9 Å². The number of aliphatic hydroxyl groups is 1. The third-order valence-corrected chi connectivity index (χ3v) is 6.88. The van der Waals surface area contributed by atoms with Gasteiger partial charge in [0.25, 0.3) is 5.91 Å². The number of amides is 1. The predicted molar refractivity (Wildman–Crippen MR) is 144 cm³/mol. The third kappa shape index (κ3) is 4.35. The number of fused-ring (bicyclic) bond motifs is 2. The first-order valence-corrected chi connectivity index (χ1v) is 12.5. The van der Waals surface area contributed by atoms with E-state index in [0.717, 1.165) is 9.99 Å². The minimum Gasteiger partial charge on any atom is -0.508 e. The van der Waals surface area contributed by atoms with Gasteiger partial charge in [0.05, 0.1) is 5.56 Å². The molecular formula is C28H20INO6. The lowest BCUT2D eigenvalue weighted by molar-refractivity contribution is 0.0696. The number of carbonyl (C=O) groups excluding carboxylic acids is 1. The van der Waals surface area contributed by atoms with Crippen LogP contribution >= 0.6 is 22.6 Å². The van der Waals surface area contributed by atoms with Crippen molar-refractivity contribution in [2.24, 2.45) is 0 Å². The molecule has 0 radical (unpaired) electrons. The number of anilines is 1. The van der Waals surface area contributed by atoms with Gasteiger partial charge in [0.15, 0.2) is 0 Å². The van der Waals surface area contributed by atoms with Gasteiger partial charge in [0.2, 0.25) is 0 Å². The number of hydrogen-bond donors (Lipinski definition) is 4. The van der Waals surface area contributed by atoms with Crippen molar-refractivity contribution in [2.75, 3.05) is 5.32 Å². The van der Waals surface area contributed by atoms with Crippen molar-refractivity contribution >= 4 is 45.7 Å². The Hall–Kier alpha value is -4.05. The Balaban J connectivity index is 1.70. The van der Waals surface area contributed by atoms with E-state index in [2.05, 4.69) is 27.9 Å². The molecule has 1 atom stereocenters. The molecule has 1 aliphatic carbocycles. The Morgan fingerprint density at radius 2 is 1.78 bits per heavy atom. The van der Waals surface area contributed by atoms with Gasteiger partial charge in [0, 0.05) is 50.1 Å².